The highest BCUT2D eigenvalue weighted by molar-refractivity contribution is 5.66. The van der Waals surface area contributed by atoms with Crippen LogP contribution in [-0.4, -0.2) is 9.78 Å². The third-order valence-corrected chi connectivity index (χ3v) is 4.20. The van der Waals surface area contributed by atoms with Crippen molar-refractivity contribution in [2.75, 3.05) is 0 Å². The molecule has 0 atom stereocenters. The SMILES string of the molecule is Cc1ccc(-c2c(CC(C)C)n(-c3cccc(C)c3)[nH]c2=O)cc1. The molecule has 0 aliphatic heterocycles. The molecular weight excluding hydrogens is 296 g/mol. The van der Waals surface area contributed by atoms with E-state index in [1.165, 1.54) is 11.1 Å². The number of hydrogen-bond donors (Lipinski definition) is 1. The molecule has 0 saturated carbocycles. The molecular formula is C21H24N2O. The molecule has 0 spiro atoms. The maximum atomic E-state index is 12.7. The molecule has 0 unspecified atom stereocenters. The van der Waals surface area contributed by atoms with Crippen molar-refractivity contribution in [2.24, 2.45) is 5.92 Å². The van der Waals surface area contributed by atoms with Gasteiger partial charge in [0.1, 0.15) is 0 Å². The fourth-order valence-electron chi connectivity index (χ4n) is 3.05. The van der Waals surface area contributed by atoms with Gasteiger partial charge in [-0.2, -0.15) is 0 Å². The highest BCUT2D eigenvalue weighted by Gasteiger charge is 2.18. The van der Waals surface area contributed by atoms with Gasteiger partial charge in [0, 0.05) is 0 Å². The third-order valence-electron chi connectivity index (χ3n) is 4.20. The maximum absolute atomic E-state index is 12.7. The zero-order chi connectivity index (χ0) is 17.3. The summed E-state index contributed by atoms with van der Waals surface area (Å²) in [5, 5.41) is 3.04. The summed E-state index contributed by atoms with van der Waals surface area (Å²) >= 11 is 0. The number of aromatic nitrogens is 2. The van der Waals surface area contributed by atoms with Crippen LogP contribution < -0.4 is 5.56 Å². The Bertz CT molecular complexity index is 898. The first-order valence-electron chi connectivity index (χ1n) is 8.43. The minimum Gasteiger partial charge on any atom is -0.267 e. The number of nitrogens with one attached hydrogen (secondary N) is 1. The summed E-state index contributed by atoms with van der Waals surface area (Å²) in [5.74, 6) is 0.459. The summed E-state index contributed by atoms with van der Waals surface area (Å²) in [6, 6.07) is 16.4. The van der Waals surface area contributed by atoms with Crippen molar-refractivity contribution in [1.29, 1.82) is 0 Å². The van der Waals surface area contributed by atoms with Gasteiger partial charge in [0.2, 0.25) is 0 Å². The van der Waals surface area contributed by atoms with Crippen LogP contribution in [0.25, 0.3) is 16.8 Å². The van der Waals surface area contributed by atoms with Crippen LogP contribution in [0.2, 0.25) is 0 Å². The van der Waals surface area contributed by atoms with Gasteiger partial charge in [0.05, 0.1) is 16.9 Å². The van der Waals surface area contributed by atoms with Gasteiger partial charge in [-0.1, -0.05) is 55.8 Å². The standard InChI is InChI=1S/C21H24N2O/c1-14(2)12-19-20(17-10-8-15(3)9-11-17)21(24)22-23(19)18-7-5-6-16(4)13-18/h5-11,13-14H,12H2,1-4H3,(H,22,24). The molecule has 0 fully saturated rings. The Kier molecular flexibility index (Phi) is 4.43. The lowest BCUT2D eigenvalue weighted by atomic mass is 9.99. The molecule has 24 heavy (non-hydrogen) atoms. The second-order valence-corrected chi connectivity index (χ2v) is 6.90. The lowest BCUT2D eigenvalue weighted by Gasteiger charge is -2.13. The topological polar surface area (TPSA) is 37.8 Å². The van der Waals surface area contributed by atoms with Crippen LogP contribution in [-0.2, 0) is 6.42 Å². The van der Waals surface area contributed by atoms with Gasteiger partial charge in [-0.05, 0) is 49.4 Å². The minimum atomic E-state index is -0.0315. The molecule has 0 saturated heterocycles. The number of aromatic amines is 1. The summed E-state index contributed by atoms with van der Waals surface area (Å²) in [7, 11) is 0. The molecule has 0 aliphatic rings. The van der Waals surface area contributed by atoms with Crippen molar-refractivity contribution in [1.82, 2.24) is 9.78 Å². The van der Waals surface area contributed by atoms with Crippen molar-refractivity contribution in [3.05, 3.63) is 75.7 Å². The molecule has 3 nitrogen and oxygen atoms in total. The van der Waals surface area contributed by atoms with E-state index in [4.69, 9.17) is 0 Å². The Hall–Kier alpha value is -2.55. The van der Waals surface area contributed by atoms with Gasteiger partial charge in [-0.25, -0.2) is 0 Å². The van der Waals surface area contributed by atoms with Gasteiger partial charge in [-0.15, -0.1) is 0 Å². The van der Waals surface area contributed by atoms with Gasteiger partial charge in [0.15, 0.2) is 0 Å². The van der Waals surface area contributed by atoms with E-state index in [2.05, 4.69) is 57.1 Å². The van der Waals surface area contributed by atoms with Crippen LogP contribution >= 0.6 is 0 Å². The quantitative estimate of drug-likeness (QED) is 0.746. The van der Waals surface area contributed by atoms with Crippen LogP contribution in [0.1, 0.15) is 30.7 Å². The maximum Gasteiger partial charge on any atom is 0.272 e. The zero-order valence-corrected chi connectivity index (χ0v) is 14.8. The molecule has 2 aromatic carbocycles. The lowest BCUT2D eigenvalue weighted by molar-refractivity contribution is 0.616. The average molecular weight is 320 g/mol. The van der Waals surface area contributed by atoms with Crippen molar-refractivity contribution in [3.8, 4) is 16.8 Å². The largest absolute Gasteiger partial charge is 0.272 e. The van der Waals surface area contributed by atoms with E-state index in [0.717, 1.165) is 28.9 Å². The minimum absolute atomic E-state index is 0.0315. The molecule has 3 aromatic rings. The fourth-order valence-corrected chi connectivity index (χ4v) is 3.05. The van der Waals surface area contributed by atoms with Gasteiger partial charge < -0.3 is 0 Å². The smallest absolute Gasteiger partial charge is 0.267 e. The Balaban J connectivity index is 2.22. The van der Waals surface area contributed by atoms with E-state index in [9.17, 15) is 4.79 Å². The normalized spacial score (nSPS) is 11.2. The zero-order valence-electron chi connectivity index (χ0n) is 14.8. The molecule has 1 N–H and O–H groups in total. The van der Waals surface area contributed by atoms with Gasteiger partial charge in [0.25, 0.3) is 5.56 Å². The van der Waals surface area contributed by atoms with Gasteiger partial charge >= 0.3 is 0 Å². The number of aryl methyl sites for hydroxylation is 2. The molecule has 1 aromatic heterocycles. The number of rotatable bonds is 4. The Morgan fingerprint density at radius 1 is 1.00 bits per heavy atom. The number of benzene rings is 2. The summed E-state index contributed by atoms with van der Waals surface area (Å²) in [5.41, 5.74) is 6.14. The predicted molar refractivity (Wildman–Crippen MR) is 99.8 cm³/mol. The lowest BCUT2D eigenvalue weighted by Crippen LogP contribution is -2.07. The van der Waals surface area contributed by atoms with E-state index < -0.39 is 0 Å². The van der Waals surface area contributed by atoms with E-state index in [1.807, 2.05) is 28.9 Å². The number of hydrogen-bond acceptors (Lipinski definition) is 1. The van der Waals surface area contributed by atoms with E-state index >= 15 is 0 Å². The molecule has 0 amide bonds. The first-order valence-corrected chi connectivity index (χ1v) is 8.43. The van der Waals surface area contributed by atoms with Crippen molar-refractivity contribution in [3.63, 3.8) is 0 Å². The van der Waals surface area contributed by atoms with Crippen LogP contribution in [0, 0.1) is 19.8 Å². The van der Waals surface area contributed by atoms with Crippen LogP contribution in [0.3, 0.4) is 0 Å². The Morgan fingerprint density at radius 2 is 1.71 bits per heavy atom. The summed E-state index contributed by atoms with van der Waals surface area (Å²) in [4.78, 5) is 12.7. The molecule has 124 valence electrons. The summed E-state index contributed by atoms with van der Waals surface area (Å²) in [6.07, 6.45) is 0.843. The highest BCUT2D eigenvalue weighted by Crippen LogP contribution is 2.25. The van der Waals surface area contributed by atoms with E-state index in [1.54, 1.807) is 0 Å². The van der Waals surface area contributed by atoms with Crippen molar-refractivity contribution >= 4 is 0 Å². The second kappa shape index (κ2) is 6.52. The second-order valence-electron chi connectivity index (χ2n) is 6.90. The fraction of sp³-hybridized carbons (Fsp3) is 0.286. The average Bonchev–Trinajstić information content (AvgIpc) is 2.84. The van der Waals surface area contributed by atoms with Crippen molar-refractivity contribution < 1.29 is 0 Å². The monoisotopic (exact) mass is 320 g/mol. The number of H-pyrrole nitrogens is 1. The van der Waals surface area contributed by atoms with Crippen molar-refractivity contribution in [2.45, 2.75) is 34.1 Å². The van der Waals surface area contributed by atoms with Crippen LogP contribution in [0.5, 0.6) is 0 Å². The molecule has 0 aliphatic carbocycles. The van der Waals surface area contributed by atoms with Crippen LogP contribution in [0.15, 0.2) is 53.3 Å². The van der Waals surface area contributed by atoms with E-state index in [-0.39, 0.29) is 5.56 Å². The molecule has 0 bridgehead atoms. The Labute approximate surface area is 143 Å². The van der Waals surface area contributed by atoms with E-state index in [0.29, 0.717) is 5.92 Å². The Morgan fingerprint density at radius 3 is 2.33 bits per heavy atom. The first-order chi connectivity index (χ1) is 11.5. The predicted octanol–water partition coefficient (Wildman–Crippen LogP) is 4.65. The highest BCUT2D eigenvalue weighted by atomic mass is 16.1. The third kappa shape index (κ3) is 3.21. The van der Waals surface area contributed by atoms with Crippen LogP contribution in [0.4, 0.5) is 0 Å². The summed E-state index contributed by atoms with van der Waals surface area (Å²) < 4.78 is 1.95. The first kappa shape index (κ1) is 16.3. The molecule has 3 rings (SSSR count). The number of nitrogens with zero attached hydrogens (tertiary/aromatic N) is 1. The molecule has 3 heteroatoms. The summed E-state index contributed by atoms with van der Waals surface area (Å²) in [6.45, 7) is 8.48. The molecule has 1 heterocycles. The van der Waals surface area contributed by atoms with Gasteiger partial charge in [-0.3, -0.25) is 14.6 Å². The molecule has 0 radical (unpaired) electrons.